The molecule has 98 valence electrons. The zero-order chi connectivity index (χ0) is 13.4. The zero-order valence-corrected chi connectivity index (χ0v) is 10.1. The first-order chi connectivity index (χ1) is 9.15. The molecule has 0 bridgehead atoms. The number of pyridine rings is 1. The van der Waals surface area contributed by atoms with Gasteiger partial charge in [-0.25, -0.2) is 0 Å². The molecule has 1 aromatic heterocycles. The molecule has 0 spiro atoms. The van der Waals surface area contributed by atoms with Crippen LogP contribution in [0.25, 0.3) is 11.3 Å². The number of halogens is 2. The lowest BCUT2D eigenvalue weighted by Crippen LogP contribution is -2.12. The van der Waals surface area contributed by atoms with Crippen LogP contribution in [0.3, 0.4) is 0 Å². The van der Waals surface area contributed by atoms with Crippen molar-refractivity contribution in [1.29, 1.82) is 0 Å². The Morgan fingerprint density at radius 1 is 1.32 bits per heavy atom. The van der Waals surface area contributed by atoms with E-state index in [-0.39, 0.29) is 11.9 Å². The topological polar surface area (TPSA) is 31.4 Å². The van der Waals surface area contributed by atoms with E-state index in [1.807, 2.05) is 13.0 Å². The lowest BCUT2D eigenvalue weighted by Gasteiger charge is -2.25. The van der Waals surface area contributed by atoms with Gasteiger partial charge in [0, 0.05) is 17.3 Å². The van der Waals surface area contributed by atoms with E-state index < -0.39 is 6.61 Å². The molecule has 0 fully saturated rings. The molecule has 0 N–H and O–H groups in total. The Morgan fingerprint density at radius 2 is 2.16 bits per heavy atom. The lowest BCUT2D eigenvalue weighted by molar-refractivity contribution is -0.0499. The van der Waals surface area contributed by atoms with Crippen LogP contribution in [0.4, 0.5) is 8.78 Å². The van der Waals surface area contributed by atoms with Gasteiger partial charge in [0.2, 0.25) is 0 Å². The Bertz CT molecular complexity index is 616. The molecule has 1 atom stereocenters. The summed E-state index contributed by atoms with van der Waals surface area (Å²) in [6, 6.07) is 8.46. The minimum Gasteiger partial charge on any atom is -0.484 e. The third kappa shape index (κ3) is 2.12. The fourth-order valence-electron chi connectivity index (χ4n) is 2.21. The quantitative estimate of drug-likeness (QED) is 0.825. The number of rotatable bonds is 2. The number of aromatic nitrogens is 1. The van der Waals surface area contributed by atoms with E-state index >= 15 is 0 Å². The summed E-state index contributed by atoms with van der Waals surface area (Å²) in [5.41, 5.74) is 2.40. The molecule has 2 heterocycles. The summed E-state index contributed by atoms with van der Waals surface area (Å²) in [4.78, 5) is 4.27. The predicted octanol–water partition coefficient (Wildman–Crippen LogP) is 3.80. The molecule has 0 amide bonds. The SMILES string of the molecule is C[C@H]1Oc2cccnc2-c2ccc(OC(F)F)cc21. The standard InChI is InChI=1S/C14H11F2NO2/c1-8-11-7-9(19-14(15)16)4-5-10(11)13-12(18-8)3-2-6-17-13/h2-8,14H,1H3/t8-/m1/s1. The minimum atomic E-state index is -2.83. The number of benzene rings is 1. The Balaban J connectivity index is 2.08. The van der Waals surface area contributed by atoms with Crippen LogP contribution in [0, 0.1) is 0 Å². The summed E-state index contributed by atoms with van der Waals surface area (Å²) in [5.74, 6) is 0.827. The largest absolute Gasteiger partial charge is 0.484 e. The van der Waals surface area contributed by atoms with Crippen molar-refractivity contribution in [3.05, 3.63) is 42.1 Å². The number of hydrogen-bond donors (Lipinski definition) is 0. The molecular formula is C14H11F2NO2. The second-order valence-electron chi connectivity index (χ2n) is 4.24. The molecule has 3 rings (SSSR count). The lowest BCUT2D eigenvalue weighted by atomic mass is 9.96. The van der Waals surface area contributed by atoms with Gasteiger partial charge in [-0.05, 0) is 37.3 Å². The monoisotopic (exact) mass is 263 g/mol. The molecule has 1 aliphatic heterocycles. The first-order valence-corrected chi connectivity index (χ1v) is 5.86. The average molecular weight is 263 g/mol. The van der Waals surface area contributed by atoms with Crippen LogP contribution in [0.2, 0.25) is 0 Å². The van der Waals surface area contributed by atoms with Gasteiger partial charge in [0.15, 0.2) is 0 Å². The van der Waals surface area contributed by atoms with Gasteiger partial charge in [0.1, 0.15) is 23.3 Å². The van der Waals surface area contributed by atoms with E-state index in [1.54, 1.807) is 24.4 Å². The number of hydrogen-bond acceptors (Lipinski definition) is 3. The maximum absolute atomic E-state index is 12.2. The van der Waals surface area contributed by atoms with E-state index in [9.17, 15) is 8.78 Å². The van der Waals surface area contributed by atoms with Crippen LogP contribution in [0.1, 0.15) is 18.6 Å². The second-order valence-corrected chi connectivity index (χ2v) is 4.24. The molecule has 0 saturated heterocycles. The van der Waals surface area contributed by atoms with Crippen LogP contribution in [0.15, 0.2) is 36.5 Å². The molecule has 0 aliphatic carbocycles. The molecular weight excluding hydrogens is 252 g/mol. The van der Waals surface area contributed by atoms with Crippen LogP contribution < -0.4 is 9.47 Å². The van der Waals surface area contributed by atoms with E-state index in [4.69, 9.17) is 4.74 Å². The Labute approximate surface area is 108 Å². The van der Waals surface area contributed by atoms with Gasteiger partial charge >= 0.3 is 6.61 Å². The third-order valence-electron chi connectivity index (χ3n) is 3.02. The number of alkyl halides is 2. The minimum absolute atomic E-state index is 0.128. The van der Waals surface area contributed by atoms with Crippen LogP contribution in [-0.2, 0) is 0 Å². The first-order valence-electron chi connectivity index (χ1n) is 5.86. The Morgan fingerprint density at radius 3 is 2.95 bits per heavy atom. The maximum Gasteiger partial charge on any atom is 0.387 e. The van der Waals surface area contributed by atoms with Crippen molar-refractivity contribution < 1.29 is 18.3 Å². The van der Waals surface area contributed by atoms with E-state index in [2.05, 4.69) is 9.72 Å². The second kappa shape index (κ2) is 4.50. The van der Waals surface area contributed by atoms with Gasteiger partial charge in [-0.15, -0.1) is 0 Å². The molecule has 5 heteroatoms. The van der Waals surface area contributed by atoms with Crippen molar-refractivity contribution in [1.82, 2.24) is 4.98 Å². The first kappa shape index (κ1) is 11.9. The molecule has 3 nitrogen and oxygen atoms in total. The molecule has 19 heavy (non-hydrogen) atoms. The highest BCUT2D eigenvalue weighted by Gasteiger charge is 2.24. The van der Waals surface area contributed by atoms with Gasteiger partial charge in [-0.2, -0.15) is 8.78 Å². The summed E-state index contributed by atoms with van der Waals surface area (Å²) in [5, 5.41) is 0. The zero-order valence-electron chi connectivity index (χ0n) is 10.1. The maximum atomic E-state index is 12.2. The van der Waals surface area contributed by atoms with Gasteiger partial charge in [-0.3, -0.25) is 4.98 Å². The molecule has 0 radical (unpaired) electrons. The highest BCUT2D eigenvalue weighted by molar-refractivity contribution is 5.72. The fraction of sp³-hybridized carbons (Fsp3) is 0.214. The van der Waals surface area contributed by atoms with Gasteiger partial charge < -0.3 is 9.47 Å². The fourth-order valence-corrected chi connectivity index (χ4v) is 2.21. The predicted molar refractivity (Wildman–Crippen MR) is 65.3 cm³/mol. The molecule has 2 aromatic rings. The smallest absolute Gasteiger partial charge is 0.387 e. The van der Waals surface area contributed by atoms with Gasteiger partial charge in [0.25, 0.3) is 0 Å². The van der Waals surface area contributed by atoms with Gasteiger partial charge in [0.05, 0.1) is 0 Å². The summed E-state index contributed by atoms with van der Waals surface area (Å²) < 4.78 is 34.6. The molecule has 0 saturated carbocycles. The van der Waals surface area contributed by atoms with Crippen molar-refractivity contribution in [2.75, 3.05) is 0 Å². The summed E-state index contributed by atoms with van der Waals surface area (Å²) >= 11 is 0. The van der Waals surface area contributed by atoms with E-state index in [0.717, 1.165) is 16.8 Å². The van der Waals surface area contributed by atoms with Crippen molar-refractivity contribution >= 4 is 0 Å². The summed E-state index contributed by atoms with van der Waals surface area (Å²) in [6.07, 6.45) is 1.44. The van der Waals surface area contributed by atoms with E-state index in [0.29, 0.717) is 5.75 Å². The Kier molecular flexibility index (Phi) is 2.81. The summed E-state index contributed by atoms with van der Waals surface area (Å²) in [7, 11) is 0. The average Bonchev–Trinajstić information content (AvgIpc) is 2.38. The normalized spacial score (nSPS) is 16.5. The highest BCUT2D eigenvalue weighted by Crippen LogP contribution is 2.42. The van der Waals surface area contributed by atoms with Crippen molar-refractivity contribution in [3.8, 4) is 22.8 Å². The number of nitrogens with zero attached hydrogens (tertiary/aromatic N) is 1. The van der Waals surface area contributed by atoms with Crippen LogP contribution in [-0.4, -0.2) is 11.6 Å². The molecule has 1 aliphatic rings. The molecule has 1 aromatic carbocycles. The van der Waals surface area contributed by atoms with Crippen molar-refractivity contribution in [2.45, 2.75) is 19.6 Å². The summed E-state index contributed by atoms with van der Waals surface area (Å²) in [6.45, 7) is -0.968. The Hall–Kier alpha value is -2.17. The van der Waals surface area contributed by atoms with Crippen molar-refractivity contribution in [3.63, 3.8) is 0 Å². The van der Waals surface area contributed by atoms with Crippen molar-refractivity contribution in [2.24, 2.45) is 0 Å². The van der Waals surface area contributed by atoms with Crippen LogP contribution >= 0.6 is 0 Å². The van der Waals surface area contributed by atoms with E-state index in [1.165, 1.54) is 6.07 Å². The van der Waals surface area contributed by atoms with Crippen LogP contribution in [0.5, 0.6) is 11.5 Å². The number of ether oxygens (including phenoxy) is 2. The number of fused-ring (bicyclic) bond motifs is 3. The third-order valence-corrected chi connectivity index (χ3v) is 3.02. The molecule has 0 unspecified atom stereocenters. The highest BCUT2D eigenvalue weighted by atomic mass is 19.3. The van der Waals surface area contributed by atoms with Gasteiger partial charge in [-0.1, -0.05) is 0 Å².